The number of rotatable bonds is 5. The second kappa shape index (κ2) is 11.7. The van der Waals surface area contributed by atoms with Gasteiger partial charge in [-0.1, -0.05) is 33.2 Å². The number of carbonyl (C=O) groups is 2. The molecule has 10 heteroatoms. The molecule has 0 aromatic heterocycles. The summed E-state index contributed by atoms with van der Waals surface area (Å²) in [6.07, 6.45) is 0. The number of halogens is 3. The highest BCUT2D eigenvalue weighted by Gasteiger charge is 2.09. The van der Waals surface area contributed by atoms with Gasteiger partial charge >= 0.3 is 11.9 Å². The van der Waals surface area contributed by atoms with Gasteiger partial charge in [-0.15, -0.1) is 0 Å². The Morgan fingerprint density at radius 2 is 1.46 bits per heavy atom. The lowest BCUT2D eigenvalue weighted by molar-refractivity contribution is 0.0591. The molecule has 148 valence electrons. The Hall–Kier alpha value is -2.97. The van der Waals surface area contributed by atoms with Crippen molar-refractivity contribution in [3.8, 4) is 0 Å². The number of esters is 2. The van der Waals surface area contributed by atoms with Crippen LogP contribution in [0.5, 0.6) is 0 Å². The van der Waals surface area contributed by atoms with Crippen LogP contribution in [0.25, 0.3) is 10.4 Å². The summed E-state index contributed by atoms with van der Waals surface area (Å²) in [5.74, 6) is -2.13. The predicted molar refractivity (Wildman–Crippen MR) is 101 cm³/mol. The van der Waals surface area contributed by atoms with Crippen molar-refractivity contribution in [3.63, 3.8) is 0 Å². The first kappa shape index (κ1) is 23.1. The van der Waals surface area contributed by atoms with Crippen LogP contribution in [0.1, 0.15) is 31.8 Å². The van der Waals surface area contributed by atoms with E-state index in [0.717, 1.165) is 6.07 Å². The molecule has 2 rings (SSSR count). The van der Waals surface area contributed by atoms with Crippen molar-refractivity contribution in [2.45, 2.75) is 11.9 Å². The summed E-state index contributed by atoms with van der Waals surface area (Å²) < 4.78 is 35.3. The average Bonchev–Trinajstić information content (AvgIpc) is 2.72. The summed E-state index contributed by atoms with van der Waals surface area (Å²) in [6, 6.07) is 8.10. The van der Waals surface area contributed by atoms with Gasteiger partial charge in [-0.2, -0.15) is 0 Å². The minimum absolute atomic E-state index is 0.0796. The Bertz CT molecular complexity index is 902. The first-order valence-electron chi connectivity index (χ1n) is 7.68. The molecule has 0 heterocycles. The molecular formula is C18H16BrF2N3O4. The lowest BCUT2D eigenvalue weighted by atomic mass is 10.1. The van der Waals surface area contributed by atoms with Gasteiger partial charge in [0.25, 0.3) is 0 Å². The Labute approximate surface area is 168 Å². The Kier molecular flexibility index (Phi) is 9.63. The van der Waals surface area contributed by atoms with Gasteiger partial charge in [0.1, 0.15) is 11.6 Å². The van der Waals surface area contributed by atoms with Gasteiger partial charge in [-0.05, 0) is 40.9 Å². The molecule has 0 aliphatic heterocycles. The highest BCUT2D eigenvalue weighted by Crippen LogP contribution is 2.14. The van der Waals surface area contributed by atoms with Crippen molar-refractivity contribution in [1.82, 2.24) is 0 Å². The Morgan fingerprint density at radius 1 is 1.00 bits per heavy atom. The molecule has 28 heavy (non-hydrogen) atoms. The quantitative estimate of drug-likeness (QED) is 0.209. The maximum absolute atomic E-state index is 13.3. The van der Waals surface area contributed by atoms with Crippen LogP contribution in [0, 0.1) is 11.6 Å². The molecule has 0 fully saturated rings. The van der Waals surface area contributed by atoms with Crippen LogP contribution >= 0.6 is 15.9 Å². The van der Waals surface area contributed by atoms with E-state index in [9.17, 15) is 18.4 Å². The number of methoxy groups -OCH3 is 2. The molecule has 7 nitrogen and oxygen atoms in total. The fourth-order valence-electron chi connectivity index (χ4n) is 1.93. The van der Waals surface area contributed by atoms with Crippen molar-refractivity contribution in [3.05, 3.63) is 80.7 Å². The molecule has 2 aromatic carbocycles. The van der Waals surface area contributed by atoms with Crippen molar-refractivity contribution in [2.75, 3.05) is 14.2 Å². The standard InChI is InChI=1S/C9H8BrFO2.C9H8FN3O2/c1-13-9(12)6-2-3-7(5-10)8(11)4-6;1-15-9(14)6-2-3-7(5-12-13-11)8(10)4-6/h2-4H,5H2,1H3;2-4H,5H2,1H3. The van der Waals surface area contributed by atoms with Gasteiger partial charge in [-0.25, -0.2) is 18.4 Å². The molecule has 0 N–H and O–H groups in total. The monoisotopic (exact) mass is 455 g/mol. The van der Waals surface area contributed by atoms with E-state index in [1.54, 1.807) is 6.07 Å². The topological polar surface area (TPSA) is 101 Å². The van der Waals surface area contributed by atoms with Gasteiger partial charge in [0.2, 0.25) is 0 Å². The van der Waals surface area contributed by atoms with Crippen LogP contribution in [-0.4, -0.2) is 26.2 Å². The molecular weight excluding hydrogens is 440 g/mol. The van der Waals surface area contributed by atoms with Gasteiger partial charge < -0.3 is 9.47 Å². The molecule has 0 saturated carbocycles. The van der Waals surface area contributed by atoms with Crippen molar-refractivity contribution in [2.24, 2.45) is 5.11 Å². The zero-order chi connectivity index (χ0) is 21.1. The van der Waals surface area contributed by atoms with Gasteiger partial charge in [0, 0.05) is 10.2 Å². The summed E-state index contributed by atoms with van der Waals surface area (Å²) in [4.78, 5) is 24.5. The number of ether oxygens (including phenoxy) is 2. The lowest BCUT2D eigenvalue weighted by Crippen LogP contribution is -2.02. The third kappa shape index (κ3) is 6.64. The first-order valence-corrected chi connectivity index (χ1v) is 8.80. The largest absolute Gasteiger partial charge is 0.465 e. The number of hydrogen-bond donors (Lipinski definition) is 0. The van der Waals surface area contributed by atoms with Crippen LogP contribution in [0.3, 0.4) is 0 Å². The molecule has 0 amide bonds. The summed E-state index contributed by atoms with van der Waals surface area (Å²) >= 11 is 3.13. The van der Waals surface area contributed by atoms with E-state index >= 15 is 0 Å². The molecule has 0 radical (unpaired) electrons. The van der Waals surface area contributed by atoms with Crippen molar-refractivity contribution in [1.29, 1.82) is 0 Å². The van der Waals surface area contributed by atoms with Crippen LogP contribution in [0.2, 0.25) is 0 Å². The minimum Gasteiger partial charge on any atom is -0.465 e. The van der Waals surface area contributed by atoms with E-state index in [-0.39, 0.29) is 23.2 Å². The van der Waals surface area contributed by atoms with E-state index in [1.807, 2.05) is 0 Å². The third-order valence-corrected chi connectivity index (χ3v) is 4.00. The minimum atomic E-state index is -0.607. The molecule has 0 saturated heterocycles. The fraction of sp³-hybridized carbons (Fsp3) is 0.222. The highest BCUT2D eigenvalue weighted by molar-refractivity contribution is 9.08. The third-order valence-electron chi connectivity index (χ3n) is 3.40. The molecule has 0 unspecified atom stereocenters. The number of nitrogens with zero attached hydrogens (tertiary/aromatic N) is 3. The summed E-state index contributed by atoms with van der Waals surface area (Å²) in [7, 11) is 2.48. The smallest absolute Gasteiger partial charge is 0.337 e. The summed E-state index contributed by atoms with van der Waals surface area (Å²) in [5, 5.41) is 3.65. The zero-order valence-corrected chi connectivity index (χ0v) is 16.6. The Morgan fingerprint density at radius 3 is 1.82 bits per heavy atom. The van der Waals surface area contributed by atoms with Gasteiger partial charge in [0.05, 0.1) is 31.9 Å². The lowest BCUT2D eigenvalue weighted by Gasteiger charge is -2.02. The molecule has 0 aliphatic rings. The zero-order valence-electron chi connectivity index (χ0n) is 15.0. The van der Waals surface area contributed by atoms with Crippen LogP contribution in [-0.2, 0) is 21.3 Å². The molecule has 2 aromatic rings. The number of benzene rings is 2. The van der Waals surface area contributed by atoms with E-state index in [4.69, 9.17) is 5.53 Å². The second-order valence-corrected chi connectivity index (χ2v) is 5.68. The second-order valence-electron chi connectivity index (χ2n) is 5.12. The van der Waals surface area contributed by atoms with Crippen molar-refractivity contribution < 1.29 is 27.8 Å². The Balaban J connectivity index is 0.000000283. The average molecular weight is 456 g/mol. The fourth-order valence-corrected chi connectivity index (χ4v) is 2.38. The molecule has 0 aliphatic carbocycles. The van der Waals surface area contributed by atoms with Crippen LogP contribution < -0.4 is 0 Å². The summed E-state index contributed by atoms with van der Waals surface area (Å²) in [5.41, 5.74) is 9.17. The SMILES string of the molecule is COC(=O)c1ccc(CBr)c(F)c1.COC(=O)c1ccc(CN=[N+]=[N-])c(F)c1. The normalized spacial score (nSPS) is 9.46. The first-order chi connectivity index (χ1) is 13.4. The van der Waals surface area contributed by atoms with E-state index in [0.29, 0.717) is 10.9 Å². The number of azide groups is 1. The van der Waals surface area contributed by atoms with Gasteiger partial charge in [-0.3, -0.25) is 0 Å². The van der Waals surface area contributed by atoms with E-state index in [1.165, 1.54) is 38.5 Å². The highest BCUT2D eigenvalue weighted by atomic mass is 79.9. The molecule has 0 spiro atoms. The maximum Gasteiger partial charge on any atom is 0.337 e. The summed E-state index contributed by atoms with van der Waals surface area (Å²) in [6.45, 7) is -0.0796. The predicted octanol–water partition coefficient (Wildman–Crippen LogP) is 4.93. The maximum atomic E-state index is 13.3. The number of hydrogen-bond acceptors (Lipinski definition) is 5. The number of alkyl halides is 1. The van der Waals surface area contributed by atoms with Crippen LogP contribution in [0.4, 0.5) is 8.78 Å². The van der Waals surface area contributed by atoms with Crippen LogP contribution in [0.15, 0.2) is 41.5 Å². The van der Waals surface area contributed by atoms with E-state index < -0.39 is 23.6 Å². The molecule has 0 bridgehead atoms. The number of carbonyl (C=O) groups excluding carboxylic acids is 2. The van der Waals surface area contributed by atoms with Crippen molar-refractivity contribution >= 4 is 27.9 Å². The van der Waals surface area contributed by atoms with E-state index in [2.05, 4.69) is 35.4 Å². The molecule has 0 atom stereocenters. The van der Waals surface area contributed by atoms with Gasteiger partial charge in [0.15, 0.2) is 0 Å².